The highest BCUT2D eigenvalue weighted by Crippen LogP contribution is 2.12. The van der Waals surface area contributed by atoms with E-state index in [4.69, 9.17) is 5.26 Å². The molecule has 0 saturated carbocycles. The van der Waals surface area contributed by atoms with Crippen LogP contribution in [0, 0.1) is 18.3 Å². The number of carbonyl (C=O) groups is 1. The molecule has 0 bridgehead atoms. The number of hydrogen-bond donors (Lipinski definition) is 2. The molecule has 1 aromatic heterocycles. The molecular formula is C21H19N5O. The molecule has 6 heteroatoms. The van der Waals surface area contributed by atoms with Gasteiger partial charge in [-0.25, -0.2) is 9.97 Å². The first-order valence-electron chi connectivity index (χ1n) is 8.59. The summed E-state index contributed by atoms with van der Waals surface area (Å²) in [5.74, 6) is 0.0727. The summed E-state index contributed by atoms with van der Waals surface area (Å²) in [6.45, 7) is 2.48. The van der Waals surface area contributed by atoms with Crippen LogP contribution in [0.5, 0.6) is 0 Å². The zero-order chi connectivity index (χ0) is 19.1. The average molecular weight is 357 g/mol. The lowest BCUT2D eigenvalue weighted by Crippen LogP contribution is -2.17. The van der Waals surface area contributed by atoms with Gasteiger partial charge in [-0.05, 0) is 43.2 Å². The molecule has 2 N–H and O–H groups in total. The summed E-state index contributed by atoms with van der Waals surface area (Å²) in [5.41, 5.74) is 3.21. The van der Waals surface area contributed by atoms with Crippen LogP contribution >= 0.6 is 0 Å². The monoisotopic (exact) mass is 357 g/mol. The maximum absolute atomic E-state index is 12.5. The normalized spacial score (nSPS) is 10.1. The molecule has 0 spiro atoms. The van der Waals surface area contributed by atoms with Crippen molar-refractivity contribution in [1.29, 1.82) is 5.26 Å². The first-order chi connectivity index (χ1) is 13.1. The number of nitrogens with one attached hydrogen (secondary N) is 2. The summed E-state index contributed by atoms with van der Waals surface area (Å²) in [6.07, 6.45) is 0.834. The number of anilines is 2. The summed E-state index contributed by atoms with van der Waals surface area (Å²) >= 11 is 0. The lowest BCUT2D eigenvalue weighted by atomic mass is 10.1. The van der Waals surface area contributed by atoms with Crippen LogP contribution in [0.25, 0.3) is 0 Å². The van der Waals surface area contributed by atoms with Crippen LogP contribution in [0.1, 0.15) is 27.3 Å². The van der Waals surface area contributed by atoms with E-state index in [1.807, 2.05) is 31.2 Å². The minimum Gasteiger partial charge on any atom is -0.354 e. The lowest BCUT2D eigenvalue weighted by Gasteiger charge is -2.09. The van der Waals surface area contributed by atoms with Crippen molar-refractivity contribution in [3.05, 3.63) is 83.2 Å². The summed E-state index contributed by atoms with van der Waals surface area (Å²) in [7, 11) is 0. The lowest BCUT2D eigenvalue weighted by molar-refractivity contribution is 0.102. The van der Waals surface area contributed by atoms with E-state index in [2.05, 4.69) is 32.7 Å². The van der Waals surface area contributed by atoms with Crippen LogP contribution in [0.3, 0.4) is 0 Å². The van der Waals surface area contributed by atoms with Gasteiger partial charge < -0.3 is 10.6 Å². The zero-order valence-corrected chi connectivity index (χ0v) is 14.9. The molecule has 3 rings (SSSR count). The van der Waals surface area contributed by atoms with Gasteiger partial charge in [-0.15, -0.1) is 0 Å². The van der Waals surface area contributed by atoms with Gasteiger partial charge in [0.05, 0.1) is 11.6 Å². The number of aryl methyl sites for hydroxylation is 1. The van der Waals surface area contributed by atoms with Crippen molar-refractivity contribution in [2.24, 2.45) is 0 Å². The summed E-state index contributed by atoms with van der Waals surface area (Å²) in [5, 5.41) is 14.9. The molecule has 0 unspecified atom stereocenters. The number of amides is 1. The Morgan fingerprint density at radius 2 is 1.89 bits per heavy atom. The second kappa shape index (κ2) is 8.59. The standard InChI is InChI=1S/C21H19N5O/c1-15-12-19(20(27)25-18-9-5-8-17(13-18)14-22)26-21(24-15)23-11-10-16-6-3-2-4-7-16/h2-9,12-13H,10-11H2,1H3,(H,25,27)(H,23,24,26). The minimum atomic E-state index is -0.346. The second-order valence-corrected chi connectivity index (χ2v) is 6.03. The van der Waals surface area contributed by atoms with Gasteiger partial charge in [0.25, 0.3) is 5.91 Å². The Labute approximate surface area is 157 Å². The summed E-state index contributed by atoms with van der Waals surface area (Å²) in [6, 6.07) is 20.5. The molecule has 0 aliphatic heterocycles. The van der Waals surface area contributed by atoms with Crippen LogP contribution in [-0.4, -0.2) is 22.4 Å². The highest BCUT2D eigenvalue weighted by molar-refractivity contribution is 6.03. The molecule has 1 amide bonds. The van der Waals surface area contributed by atoms with E-state index in [0.29, 0.717) is 29.4 Å². The highest BCUT2D eigenvalue weighted by atomic mass is 16.1. The number of carbonyl (C=O) groups excluding carboxylic acids is 1. The van der Waals surface area contributed by atoms with Crippen LogP contribution in [0.2, 0.25) is 0 Å². The van der Waals surface area contributed by atoms with E-state index in [1.54, 1.807) is 30.3 Å². The third kappa shape index (κ3) is 5.13. The van der Waals surface area contributed by atoms with E-state index in [1.165, 1.54) is 5.56 Å². The minimum absolute atomic E-state index is 0.270. The number of hydrogen-bond acceptors (Lipinski definition) is 5. The van der Waals surface area contributed by atoms with Crippen LogP contribution in [-0.2, 0) is 6.42 Å². The molecule has 0 atom stereocenters. The number of rotatable bonds is 6. The number of nitriles is 1. The second-order valence-electron chi connectivity index (χ2n) is 6.03. The Bertz CT molecular complexity index is 979. The van der Waals surface area contributed by atoms with Gasteiger partial charge in [-0.3, -0.25) is 4.79 Å². The largest absolute Gasteiger partial charge is 0.354 e. The number of benzene rings is 2. The van der Waals surface area contributed by atoms with Gasteiger partial charge in [0.2, 0.25) is 5.95 Å². The van der Waals surface area contributed by atoms with Crippen molar-refractivity contribution in [2.75, 3.05) is 17.2 Å². The molecular weight excluding hydrogens is 338 g/mol. The van der Waals surface area contributed by atoms with Gasteiger partial charge in [0.1, 0.15) is 5.69 Å². The maximum atomic E-state index is 12.5. The van der Waals surface area contributed by atoms with E-state index in [9.17, 15) is 4.79 Å². The third-order valence-corrected chi connectivity index (χ3v) is 3.88. The Hall–Kier alpha value is -3.72. The first kappa shape index (κ1) is 18.1. The molecule has 0 aliphatic carbocycles. The van der Waals surface area contributed by atoms with E-state index < -0.39 is 0 Å². The quantitative estimate of drug-likeness (QED) is 0.704. The van der Waals surface area contributed by atoms with E-state index >= 15 is 0 Å². The predicted octanol–water partition coefficient (Wildman–Crippen LogP) is 3.56. The number of aromatic nitrogens is 2. The molecule has 6 nitrogen and oxygen atoms in total. The Morgan fingerprint density at radius 3 is 2.67 bits per heavy atom. The van der Waals surface area contributed by atoms with Gasteiger partial charge in [-0.1, -0.05) is 36.4 Å². The fourth-order valence-corrected chi connectivity index (χ4v) is 2.59. The molecule has 27 heavy (non-hydrogen) atoms. The number of nitrogens with zero attached hydrogens (tertiary/aromatic N) is 3. The van der Waals surface area contributed by atoms with E-state index in [0.717, 1.165) is 6.42 Å². The SMILES string of the molecule is Cc1cc(C(=O)Nc2cccc(C#N)c2)nc(NCCc2ccccc2)n1. The van der Waals surface area contributed by atoms with Crippen LogP contribution in [0.4, 0.5) is 11.6 Å². The van der Waals surface area contributed by atoms with Crippen molar-refractivity contribution < 1.29 is 4.79 Å². The van der Waals surface area contributed by atoms with Crippen LogP contribution in [0.15, 0.2) is 60.7 Å². The smallest absolute Gasteiger partial charge is 0.274 e. The van der Waals surface area contributed by atoms with Crippen molar-refractivity contribution in [3.63, 3.8) is 0 Å². The summed E-state index contributed by atoms with van der Waals surface area (Å²) in [4.78, 5) is 21.1. The van der Waals surface area contributed by atoms with Crippen molar-refractivity contribution in [3.8, 4) is 6.07 Å². The first-order valence-corrected chi connectivity index (χ1v) is 8.59. The molecule has 1 heterocycles. The fraction of sp³-hybridized carbons (Fsp3) is 0.143. The molecule has 3 aromatic rings. The molecule has 134 valence electrons. The van der Waals surface area contributed by atoms with Gasteiger partial charge in [0, 0.05) is 17.9 Å². The topological polar surface area (TPSA) is 90.7 Å². The Kier molecular flexibility index (Phi) is 5.75. The van der Waals surface area contributed by atoms with Crippen LogP contribution < -0.4 is 10.6 Å². The van der Waals surface area contributed by atoms with Crippen molar-refractivity contribution in [1.82, 2.24) is 9.97 Å². The third-order valence-electron chi connectivity index (χ3n) is 3.88. The van der Waals surface area contributed by atoms with Gasteiger partial charge in [-0.2, -0.15) is 5.26 Å². The highest BCUT2D eigenvalue weighted by Gasteiger charge is 2.11. The average Bonchev–Trinajstić information content (AvgIpc) is 2.68. The van der Waals surface area contributed by atoms with E-state index in [-0.39, 0.29) is 11.6 Å². The van der Waals surface area contributed by atoms with Gasteiger partial charge >= 0.3 is 0 Å². The zero-order valence-electron chi connectivity index (χ0n) is 14.9. The molecule has 2 aromatic carbocycles. The fourth-order valence-electron chi connectivity index (χ4n) is 2.59. The van der Waals surface area contributed by atoms with Gasteiger partial charge in [0.15, 0.2) is 0 Å². The predicted molar refractivity (Wildman–Crippen MR) is 105 cm³/mol. The molecule has 0 radical (unpaired) electrons. The van der Waals surface area contributed by atoms with Crippen molar-refractivity contribution in [2.45, 2.75) is 13.3 Å². The molecule has 0 aliphatic rings. The Balaban J connectivity index is 1.66. The maximum Gasteiger partial charge on any atom is 0.274 e. The van der Waals surface area contributed by atoms with Crippen molar-refractivity contribution >= 4 is 17.5 Å². The Morgan fingerprint density at radius 1 is 1.07 bits per heavy atom. The molecule has 0 saturated heterocycles. The molecule has 0 fully saturated rings. The summed E-state index contributed by atoms with van der Waals surface area (Å²) < 4.78 is 0.